The van der Waals surface area contributed by atoms with E-state index in [-0.39, 0.29) is 24.4 Å². The Bertz CT molecular complexity index is 981. The average molecular weight is 429 g/mol. The summed E-state index contributed by atoms with van der Waals surface area (Å²) in [7, 11) is -3.61. The molecular weight excluding hydrogens is 396 g/mol. The van der Waals surface area contributed by atoms with Gasteiger partial charge in [0.05, 0.1) is 10.8 Å². The molecule has 6 heteroatoms. The smallest absolute Gasteiger partial charge is 0.243 e. The van der Waals surface area contributed by atoms with E-state index >= 15 is 0 Å². The fourth-order valence-corrected chi connectivity index (χ4v) is 6.33. The molecular formula is C24H32N2O3S. The zero-order valence-corrected chi connectivity index (χ0v) is 18.4. The number of hydrogen-bond donors (Lipinski definition) is 1. The van der Waals surface area contributed by atoms with E-state index in [0.29, 0.717) is 11.4 Å². The van der Waals surface area contributed by atoms with Gasteiger partial charge in [0.2, 0.25) is 15.9 Å². The molecule has 4 rings (SSSR count). The third-order valence-electron chi connectivity index (χ3n) is 6.57. The molecule has 0 spiro atoms. The average Bonchev–Trinajstić information content (AvgIpc) is 2.75. The van der Waals surface area contributed by atoms with Crippen LogP contribution >= 0.6 is 0 Å². The van der Waals surface area contributed by atoms with Crippen LogP contribution < -0.4 is 5.32 Å². The van der Waals surface area contributed by atoms with Crippen LogP contribution in [0.4, 0.5) is 0 Å². The van der Waals surface area contributed by atoms with E-state index in [2.05, 4.69) is 5.32 Å². The number of carbonyl (C=O) groups excluding carboxylic acids is 1. The molecule has 1 heterocycles. The zero-order chi connectivity index (χ0) is 21.0. The van der Waals surface area contributed by atoms with Crippen molar-refractivity contribution in [3.8, 4) is 0 Å². The van der Waals surface area contributed by atoms with Gasteiger partial charge in [-0.15, -0.1) is 0 Å². The standard InChI is InChI=1S/C24H32N2O3S/c27-24(25-22-12-4-2-1-3-5-13-22)21-11-8-16-26(18-21)30(28,29)23-15-14-19-9-6-7-10-20(19)17-23/h6-7,9-10,14-15,17,21-22H,1-5,8,11-13,16,18H2,(H,25,27)/t21-/m1/s1. The summed E-state index contributed by atoms with van der Waals surface area (Å²) in [6, 6.07) is 13.3. The molecule has 162 valence electrons. The third-order valence-corrected chi connectivity index (χ3v) is 8.43. The first-order valence-corrected chi connectivity index (χ1v) is 12.8. The molecule has 30 heavy (non-hydrogen) atoms. The predicted molar refractivity (Wildman–Crippen MR) is 120 cm³/mol. The Morgan fingerprint density at radius 1 is 0.867 bits per heavy atom. The summed E-state index contributed by atoms with van der Waals surface area (Å²) in [5.74, 6) is -0.238. The summed E-state index contributed by atoms with van der Waals surface area (Å²) in [6.07, 6.45) is 9.66. The van der Waals surface area contributed by atoms with Crippen molar-refractivity contribution in [3.63, 3.8) is 0 Å². The number of sulfonamides is 1. The van der Waals surface area contributed by atoms with Crippen LogP contribution in [0.15, 0.2) is 47.4 Å². The van der Waals surface area contributed by atoms with Crippen LogP contribution in [0.25, 0.3) is 10.8 Å². The Labute approximate surface area is 179 Å². The van der Waals surface area contributed by atoms with Crippen molar-refractivity contribution in [1.82, 2.24) is 9.62 Å². The summed E-state index contributed by atoms with van der Waals surface area (Å²) in [5.41, 5.74) is 0. The Balaban J connectivity index is 1.44. The monoisotopic (exact) mass is 428 g/mol. The minimum absolute atomic E-state index is 0.0268. The maximum atomic E-state index is 13.3. The van der Waals surface area contributed by atoms with E-state index in [0.717, 1.165) is 49.3 Å². The molecule has 1 N–H and O–H groups in total. The maximum absolute atomic E-state index is 13.3. The highest BCUT2D eigenvalue weighted by Crippen LogP contribution is 2.27. The molecule has 1 saturated heterocycles. The van der Waals surface area contributed by atoms with Gasteiger partial charge in [-0.25, -0.2) is 8.42 Å². The van der Waals surface area contributed by atoms with Gasteiger partial charge in [0, 0.05) is 19.1 Å². The Kier molecular flexibility index (Phi) is 6.74. The first kappa shape index (κ1) is 21.3. The van der Waals surface area contributed by atoms with Crippen molar-refractivity contribution in [2.75, 3.05) is 13.1 Å². The second-order valence-electron chi connectivity index (χ2n) is 8.76. The van der Waals surface area contributed by atoms with E-state index in [1.807, 2.05) is 30.3 Å². The molecule has 2 fully saturated rings. The molecule has 1 aliphatic carbocycles. The molecule has 5 nitrogen and oxygen atoms in total. The summed E-state index contributed by atoms with van der Waals surface area (Å²) >= 11 is 0. The summed E-state index contributed by atoms with van der Waals surface area (Å²) in [5, 5.41) is 5.16. The van der Waals surface area contributed by atoms with Crippen LogP contribution in [-0.2, 0) is 14.8 Å². The minimum atomic E-state index is -3.61. The normalized spacial score (nSPS) is 22.3. The zero-order valence-electron chi connectivity index (χ0n) is 17.6. The number of amides is 1. The first-order chi connectivity index (χ1) is 14.5. The van der Waals surface area contributed by atoms with Gasteiger partial charge in [-0.05, 0) is 48.6 Å². The van der Waals surface area contributed by atoms with Gasteiger partial charge >= 0.3 is 0 Å². The quantitative estimate of drug-likeness (QED) is 0.781. The molecule has 1 aliphatic heterocycles. The molecule has 2 aliphatic rings. The molecule has 1 amide bonds. The number of piperidine rings is 1. The van der Waals surface area contributed by atoms with E-state index in [9.17, 15) is 13.2 Å². The number of benzene rings is 2. The number of nitrogens with zero attached hydrogens (tertiary/aromatic N) is 1. The highest BCUT2D eigenvalue weighted by atomic mass is 32.2. The molecule has 1 atom stereocenters. The maximum Gasteiger partial charge on any atom is 0.243 e. The summed E-state index contributed by atoms with van der Waals surface area (Å²) in [4.78, 5) is 13.2. The topological polar surface area (TPSA) is 66.5 Å². The lowest BCUT2D eigenvalue weighted by Crippen LogP contribution is -2.47. The lowest BCUT2D eigenvalue weighted by atomic mass is 9.94. The van der Waals surface area contributed by atoms with Crippen LogP contribution in [0.1, 0.15) is 57.8 Å². The van der Waals surface area contributed by atoms with E-state index in [1.165, 1.54) is 23.6 Å². The predicted octanol–water partition coefficient (Wildman–Crippen LogP) is 4.47. The van der Waals surface area contributed by atoms with Gasteiger partial charge in [-0.1, -0.05) is 62.4 Å². The van der Waals surface area contributed by atoms with Gasteiger partial charge in [0.25, 0.3) is 0 Å². The van der Waals surface area contributed by atoms with Crippen molar-refractivity contribution in [2.45, 2.75) is 68.7 Å². The van der Waals surface area contributed by atoms with Crippen LogP contribution in [0, 0.1) is 5.92 Å². The number of nitrogens with one attached hydrogen (secondary N) is 1. The van der Waals surface area contributed by atoms with Gasteiger partial charge in [0.15, 0.2) is 0 Å². The van der Waals surface area contributed by atoms with Gasteiger partial charge in [-0.3, -0.25) is 4.79 Å². The molecule has 2 aromatic carbocycles. The molecule has 0 bridgehead atoms. The van der Waals surface area contributed by atoms with E-state index in [1.54, 1.807) is 12.1 Å². The lowest BCUT2D eigenvalue weighted by molar-refractivity contribution is -0.126. The fraction of sp³-hybridized carbons (Fsp3) is 0.542. The minimum Gasteiger partial charge on any atom is -0.353 e. The highest BCUT2D eigenvalue weighted by molar-refractivity contribution is 7.89. The van der Waals surface area contributed by atoms with Crippen LogP contribution in [0.5, 0.6) is 0 Å². The van der Waals surface area contributed by atoms with Crippen molar-refractivity contribution >= 4 is 26.7 Å². The van der Waals surface area contributed by atoms with Crippen LogP contribution in [0.2, 0.25) is 0 Å². The van der Waals surface area contributed by atoms with Gasteiger partial charge < -0.3 is 5.32 Å². The SMILES string of the molecule is O=C(NC1CCCCCCC1)[C@@H]1CCCN(S(=O)(=O)c2ccc3ccccc3c2)C1. The number of rotatable bonds is 4. The molecule has 0 radical (unpaired) electrons. The number of carbonyl (C=O) groups is 1. The largest absolute Gasteiger partial charge is 0.353 e. The second kappa shape index (κ2) is 9.48. The lowest BCUT2D eigenvalue weighted by Gasteiger charge is -2.32. The summed E-state index contributed by atoms with van der Waals surface area (Å²) < 4.78 is 28.0. The summed E-state index contributed by atoms with van der Waals surface area (Å²) in [6.45, 7) is 0.746. The van der Waals surface area contributed by atoms with Crippen molar-refractivity contribution < 1.29 is 13.2 Å². The van der Waals surface area contributed by atoms with Crippen molar-refractivity contribution in [1.29, 1.82) is 0 Å². The Morgan fingerprint density at radius 3 is 2.33 bits per heavy atom. The first-order valence-electron chi connectivity index (χ1n) is 11.3. The Hall–Kier alpha value is -1.92. The number of fused-ring (bicyclic) bond motifs is 1. The second-order valence-corrected chi connectivity index (χ2v) is 10.7. The van der Waals surface area contributed by atoms with E-state index in [4.69, 9.17) is 0 Å². The molecule has 2 aromatic rings. The van der Waals surface area contributed by atoms with E-state index < -0.39 is 10.0 Å². The highest BCUT2D eigenvalue weighted by Gasteiger charge is 2.34. The van der Waals surface area contributed by atoms with Crippen molar-refractivity contribution in [2.24, 2.45) is 5.92 Å². The molecule has 0 aromatic heterocycles. The van der Waals surface area contributed by atoms with Gasteiger partial charge in [-0.2, -0.15) is 4.31 Å². The van der Waals surface area contributed by atoms with Crippen molar-refractivity contribution in [3.05, 3.63) is 42.5 Å². The number of hydrogen-bond acceptors (Lipinski definition) is 3. The molecule has 1 saturated carbocycles. The fourth-order valence-electron chi connectivity index (χ4n) is 4.77. The van der Waals surface area contributed by atoms with Crippen LogP contribution in [0.3, 0.4) is 0 Å². The third kappa shape index (κ3) is 4.86. The Morgan fingerprint density at radius 2 is 1.57 bits per heavy atom. The van der Waals surface area contributed by atoms with Crippen LogP contribution in [-0.4, -0.2) is 37.8 Å². The molecule has 0 unspecified atom stereocenters. The van der Waals surface area contributed by atoms with Gasteiger partial charge in [0.1, 0.15) is 0 Å².